The third kappa shape index (κ3) is 4.04. The molecule has 1 aliphatic rings. The Kier molecular flexibility index (Phi) is 5.35. The molecule has 19 heavy (non-hydrogen) atoms. The number of benzene rings is 1. The number of nitrogens with zero attached hydrogens (tertiary/aromatic N) is 1. The maximum atomic E-state index is 13.8. The van der Waals surface area contributed by atoms with Gasteiger partial charge in [-0.05, 0) is 31.4 Å². The van der Waals surface area contributed by atoms with Gasteiger partial charge in [-0.15, -0.1) is 0 Å². The highest BCUT2D eigenvalue weighted by Crippen LogP contribution is 2.28. The van der Waals surface area contributed by atoms with Crippen molar-refractivity contribution in [3.05, 3.63) is 35.1 Å². The molecule has 0 bridgehead atoms. The molecule has 0 saturated heterocycles. The molecule has 0 heterocycles. The van der Waals surface area contributed by atoms with E-state index in [-0.39, 0.29) is 11.4 Å². The van der Waals surface area contributed by atoms with E-state index in [4.69, 9.17) is 5.26 Å². The van der Waals surface area contributed by atoms with E-state index >= 15 is 0 Å². The van der Waals surface area contributed by atoms with Crippen LogP contribution in [-0.2, 0) is 6.54 Å². The monoisotopic (exact) mass is 260 g/mol. The summed E-state index contributed by atoms with van der Waals surface area (Å²) in [5.41, 5.74) is 0.713. The molecule has 3 heteroatoms. The van der Waals surface area contributed by atoms with Crippen LogP contribution in [0.1, 0.15) is 49.7 Å². The largest absolute Gasteiger partial charge is 0.313 e. The predicted octanol–water partition coefficient (Wildman–Crippen LogP) is 3.76. The molecule has 1 fully saturated rings. The molecule has 0 radical (unpaired) electrons. The van der Waals surface area contributed by atoms with E-state index in [9.17, 15) is 4.39 Å². The Balaban J connectivity index is 1.69. The average Bonchev–Trinajstić information content (AvgIpc) is 2.93. The zero-order chi connectivity index (χ0) is 13.5. The number of hydrogen-bond acceptors (Lipinski definition) is 2. The van der Waals surface area contributed by atoms with Crippen molar-refractivity contribution in [2.45, 2.75) is 45.1 Å². The van der Waals surface area contributed by atoms with Gasteiger partial charge in [-0.1, -0.05) is 37.8 Å². The van der Waals surface area contributed by atoms with Gasteiger partial charge in [0.05, 0.1) is 5.56 Å². The third-order valence-corrected chi connectivity index (χ3v) is 3.96. The molecule has 102 valence electrons. The molecule has 1 N–H and O–H groups in total. The molecule has 2 nitrogen and oxygen atoms in total. The van der Waals surface area contributed by atoms with Gasteiger partial charge in [0.25, 0.3) is 0 Å². The molecule has 0 aliphatic heterocycles. The summed E-state index contributed by atoms with van der Waals surface area (Å²) in [5.74, 6) is 0.536. The first-order chi connectivity index (χ1) is 9.31. The third-order valence-electron chi connectivity index (χ3n) is 3.96. The molecule has 0 aromatic heterocycles. The highest BCUT2D eigenvalue weighted by molar-refractivity contribution is 5.34. The average molecular weight is 260 g/mol. The number of halogens is 1. The normalized spacial score (nSPS) is 15.6. The van der Waals surface area contributed by atoms with Crippen LogP contribution >= 0.6 is 0 Å². The maximum Gasteiger partial charge on any atom is 0.145 e. The van der Waals surface area contributed by atoms with Crippen LogP contribution in [0.4, 0.5) is 4.39 Å². The van der Waals surface area contributed by atoms with Crippen molar-refractivity contribution in [3.63, 3.8) is 0 Å². The van der Waals surface area contributed by atoms with Crippen molar-refractivity contribution in [1.82, 2.24) is 5.32 Å². The van der Waals surface area contributed by atoms with Gasteiger partial charge in [-0.25, -0.2) is 4.39 Å². The minimum absolute atomic E-state index is 0.130. The lowest BCUT2D eigenvalue weighted by Gasteiger charge is -2.10. The Labute approximate surface area is 114 Å². The second-order valence-corrected chi connectivity index (χ2v) is 5.36. The minimum Gasteiger partial charge on any atom is -0.313 e. The molecule has 1 aliphatic carbocycles. The Morgan fingerprint density at radius 2 is 2.11 bits per heavy atom. The van der Waals surface area contributed by atoms with Crippen LogP contribution < -0.4 is 5.32 Å². The summed E-state index contributed by atoms with van der Waals surface area (Å²) < 4.78 is 13.8. The summed E-state index contributed by atoms with van der Waals surface area (Å²) >= 11 is 0. The zero-order valence-electron chi connectivity index (χ0n) is 11.3. The first-order valence-electron chi connectivity index (χ1n) is 7.19. The lowest BCUT2D eigenvalue weighted by molar-refractivity contribution is 0.468. The molecule has 1 saturated carbocycles. The fourth-order valence-electron chi connectivity index (χ4n) is 2.84. The topological polar surface area (TPSA) is 35.8 Å². The van der Waals surface area contributed by atoms with Gasteiger partial charge in [0.2, 0.25) is 0 Å². The summed E-state index contributed by atoms with van der Waals surface area (Å²) in [5, 5.41) is 12.0. The first-order valence-corrected chi connectivity index (χ1v) is 7.19. The molecule has 1 aromatic rings. The second-order valence-electron chi connectivity index (χ2n) is 5.36. The predicted molar refractivity (Wildman–Crippen MR) is 74.0 cm³/mol. The quantitative estimate of drug-likeness (QED) is 0.790. The highest BCUT2D eigenvalue weighted by Gasteiger charge is 2.14. The lowest BCUT2D eigenvalue weighted by atomic mass is 10.0. The van der Waals surface area contributed by atoms with Crippen LogP contribution in [0.5, 0.6) is 0 Å². The summed E-state index contributed by atoms with van der Waals surface area (Å²) in [4.78, 5) is 0. The van der Waals surface area contributed by atoms with Crippen molar-refractivity contribution in [2.24, 2.45) is 5.92 Å². The van der Waals surface area contributed by atoms with Crippen LogP contribution in [0, 0.1) is 23.1 Å². The number of nitriles is 1. The molecule has 0 spiro atoms. The fraction of sp³-hybridized carbons (Fsp3) is 0.562. The highest BCUT2D eigenvalue weighted by atomic mass is 19.1. The van der Waals surface area contributed by atoms with E-state index in [1.165, 1.54) is 38.2 Å². The number of hydrogen-bond donors (Lipinski definition) is 1. The van der Waals surface area contributed by atoms with Gasteiger partial charge in [0.15, 0.2) is 0 Å². The molecule has 0 amide bonds. The van der Waals surface area contributed by atoms with Gasteiger partial charge >= 0.3 is 0 Å². The van der Waals surface area contributed by atoms with Crippen molar-refractivity contribution >= 4 is 0 Å². The Morgan fingerprint density at radius 1 is 1.32 bits per heavy atom. The molecular weight excluding hydrogens is 239 g/mol. The van der Waals surface area contributed by atoms with Crippen LogP contribution in [0.25, 0.3) is 0 Å². The SMILES string of the molecule is N#Cc1cccc(CNCCCC2CCCC2)c1F. The maximum absolute atomic E-state index is 13.8. The lowest BCUT2D eigenvalue weighted by Crippen LogP contribution is -2.16. The first kappa shape index (κ1) is 14.0. The molecule has 2 rings (SSSR count). The van der Waals surface area contributed by atoms with E-state index in [1.54, 1.807) is 12.1 Å². The summed E-state index contributed by atoms with van der Waals surface area (Å²) in [6.07, 6.45) is 8.00. The molecular formula is C16H21FN2. The van der Waals surface area contributed by atoms with Gasteiger partial charge in [0.1, 0.15) is 11.9 Å². The fourth-order valence-corrected chi connectivity index (χ4v) is 2.84. The summed E-state index contributed by atoms with van der Waals surface area (Å²) in [7, 11) is 0. The van der Waals surface area contributed by atoms with Gasteiger partial charge in [-0.3, -0.25) is 0 Å². The number of rotatable bonds is 6. The molecule has 1 aromatic carbocycles. The Hall–Kier alpha value is -1.40. The van der Waals surface area contributed by atoms with Gasteiger partial charge < -0.3 is 5.32 Å². The number of nitrogens with one attached hydrogen (secondary N) is 1. The molecule has 0 atom stereocenters. The van der Waals surface area contributed by atoms with E-state index in [1.807, 2.05) is 6.07 Å². The van der Waals surface area contributed by atoms with E-state index < -0.39 is 0 Å². The summed E-state index contributed by atoms with van der Waals surface area (Å²) in [6, 6.07) is 6.85. The van der Waals surface area contributed by atoms with Crippen molar-refractivity contribution < 1.29 is 4.39 Å². The van der Waals surface area contributed by atoms with E-state index in [2.05, 4.69) is 5.32 Å². The van der Waals surface area contributed by atoms with Crippen LogP contribution in [0.3, 0.4) is 0 Å². The van der Waals surface area contributed by atoms with E-state index in [0.29, 0.717) is 12.1 Å². The Bertz CT molecular complexity index is 445. The van der Waals surface area contributed by atoms with Crippen molar-refractivity contribution in [1.29, 1.82) is 5.26 Å². The van der Waals surface area contributed by atoms with Crippen LogP contribution in [-0.4, -0.2) is 6.54 Å². The zero-order valence-corrected chi connectivity index (χ0v) is 11.3. The molecule has 0 unspecified atom stereocenters. The van der Waals surface area contributed by atoms with Crippen LogP contribution in [0.15, 0.2) is 18.2 Å². The van der Waals surface area contributed by atoms with Crippen molar-refractivity contribution in [3.8, 4) is 6.07 Å². The minimum atomic E-state index is -0.381. The van der Waals surface area contributed by atoms with E-state index in [0.717, 1.165) is 18.9 Å². The summed E-state index contributed by atoms with van der Waals surface area (Å²) in [6.45, 7) is 1.43. The Morgan fingerprint density at radius 3 is 2.84 bits per heavy atom. The smallest absolute Gasteiger partial charge is 0.145 e. The van der Waals surface area contributed by atoms with Crippen LogP contribution in [0.2, 0.25) is 0 Å². The standard InChI is InChI=1S/C16H21FN2/c17-16-14(11-18)8-3-9-15(16)12-19-10-4-7-13-5-1-2-6-13/h3,8-9,13,19H,1-2,4-7,10,12H2. The van der Waals surface area contributed by atoms with Crippen molar-refractivity contribution in [2.75, 3.05) is 6.54 Å². The second kappa shape index (κ2) is 7.25. The van der Waals surface area contributed by atoms with Gasteiger partial charge in [-0.2, -0.15) is 5.26 Å². The van der Waals surface area contributed by atoms with Gasteiger partial charge in [0, 0.05) is 12.1 Å².